The number of nitrogens with one attached hydrogen (secondary N) is 1. The van der Waals surface area contributed by atoms with Gasteiger partial charge >= 0.3 is 0 Å². The van der Waals surface area contributed by atoms with Crippen molar-refractivity contribution in [2.24, 2.45) is 0 Å². The van der Waals surface area contributed by atoms with Crippen LogP contribution >= 0.6 is 0 Å². The molecular formula is C24H26N4O3S. The summed E-state index contributed by atoms with van der Waals surface area (Å²) in [6.07, 6.45) is 1.71. The fraction of sp³-hybridized carbons (Fsp3) is 0.250. The third-order valence-corrected chi connectivity index (χ3v) is 6.78. The maximum Gasteiger partial charge on any atom is 0.240 e. The molecule has 0 saturated carbocycles. The quantitative estimate of drug-likeness (QED) is 0.437. The number of hydrogen-bond acceptors (Lipinski definition) is 5. The summed E-state index contributed by atoms with van der Waals surface area (Å²) in [6.45, 7) is 4.71. The molecule has 0 aliphatic carbocycles. The van der Waals surface area contributed by atoms with E-state index in [0.717, 1.165) is 22.4 Å². The molecule has 2 heterocycles. The first-order valence-electron chi connectivity index (χ1n) is 10.4. The topological polar surface area (TPSA) is 86.1 Å². The SMILES string of the molecule is COc1ccc(Cn2c(CNS(=O)(=O)c3ccc(C(C)C)cc3)nc3cccnc32)cc1. The second-order valence-corrected chi connectivity index (χ2v) is 9.62. The van der Waals surface area contributed by atoms with Crippen LogP contribution in [-0.2, 0) is 23.1 Å². The number of methoxy groups -OCH3 is 1. The van der Waals surface area contributed by atoms with E-state index in [1.54, 1.807) is 25.4 Å². The Balaban J connectivity index is 1.60. The van der Waals surface area contributed by atoms with Crippen LogP contribution in [0.3, 0.4) is 0 Å². The van der Waals surface area contributed by atoms with Gasteiger partial charge in [-0.15, -0.1) is 0 Å². The Morgan fingerprint density at radius 1 is 1.03 bits per heavy atom. The second kappa shape index (κ2) is 9.10. The van der Waals surface area contributed by atoms with Crippen molar-refractivity contribution in [2.75, 3.05) is 7.11 Å². The zero-order chi connectivity index (χ0) is 22.7. The lowest BCUT2D eigenvalue weighted by Crippen LogP contribution is -2.25. The molecule has 0 fully saturated rings. The van der Waals surface area contributed by atoms with Gasteiger partial charge in [0.2, 0.25) is 10.0 Å². The number of rotatable bonds is 8. The van der Waals surface area contributed by atoms with Gasteiger partial charge in [-0.2, -0.15) is 0 Å². The maximum atomic E-state index is 12.9. The summed E-state index contributed by atoms with van der Waals surface area (Å²) in [5.41, 5.74) is 3.55. The zero-order valence-corrected chi connectivity index (χ0v) is 19.1. The van der Waals surface area contributed by atoms with Gasteiger partial charge in [-0.1, -0.05) is 38.1 Å². The van der Waals surface area contributed by atoms with Crippen molar-refractivity contribution in [1.29, 1.82) is 0 Å². The lowest BCUT2D eigenvalue weighted by atomic mass is 10.0. The van der Waals surface area contributed by atoms with Gasteiger partial charge in [-0.3, -0.25) is 0 Å². The van der Waals surface area contributed by atoms with E-state index >= 15 is 0 Å². The van der Waals surface area contributed by atoms with Crippen LogP contribution in [0, 0.1) is 0 Å². The molecule has 0 saturated heterocycles. The van der Waals surface area contributed by atoms with E-state index in [9.17, 15) is 8.42 Å². The summed E-state index contributed by atoms with van der Waals surface area (Å²) in [4.78, 5) is 9.32. The van der Waals surface area contributed by atoms with Crippen LogP contribution in [0.1, 0.15) is 36.7 Å². The number of pyridine rings is 1. The molecule has 0 unspecified atom stereocenters. The first-order chi connectivity index (χ1) is 15.4. The van der Waals surface area contributed by atoms with E-state index in [0.29, 0.717) is 23.9 Å². The normalized spacial score (nSPS) is 11.9. The van der Waals surface area contributed by atoms with Gasteiger partial charge < -0.3 is 9.30 Å². The van der Waals surface area contributed by atoms with Gasteiger partial charge in [0.25, 0.3) is 0 Å². The Labute approximate surface area is 188 Å². The zero-order valence-electron chi connectivity index (χ0n) is 18.3. The van der Waals surface area contributed by atoms with Crippen LogP contribution in [0.5, 0.6) is 5.75 Å². The van der Waals surface area contributed by atoms with E-state index in [2.05, 4.69) is 28.5 Å². The molecule has 7 nitrogen and oxygen atoms in total. The lowest BCUT2D eigenvalue weighted by molar-refractivity contribution is 0.414. The molecule has 32 heavy (non-hydrogen) atoms. The molecule has 2 aromatic carbocycles. The van der Waals surface area contributed by atoms with Crippen molar-refractivity contribution in [3.8, 4) is 5.75 Å². The van der Waals surface area contributed by atoms with Gasteiger partial charge in [0.05, 0.1) is 25.1 Å². The minimum absolute atomic E-state index is 0.0563. The highest BCUT2D eigenvalue weighted by atomic mass is 32.2. The molecule has 166 valence electrons. The molecule has 0 spiro atoms. The van der Waals surface area contributed by atoms with Gasteiger partial charge in [-0.05, 0) is 53.4 Å². The van der Waals surface area contributed by atoms with E-state index in [1.807, 2.05) is 53.1 Å². The van der Waals surface area contributed by atoms with Crippen molar-refractivity contribution in [3.05, 3.63) is 83.8 Å². The molecule has 4 aromatic rings. The Morgan fingerprint density at radius 2 is 1.75 bits per heavy atom. The standard InChI is InChI=1S/C24H26N4O3S/c1-17(2)19-8-12-21(13-9-19)32(29,30)26-15-23-27-22-5-4-14-25-24(22)28(23)16-18-6-10-20(31-3)11-7-18/h4-14,17,26H,15-16H2,1-3H3. The van der Waals surface area contributed by atoms with Gasteiger partial charge in [0.1, 0.15) is 17.1 Å². The van der Waals surface area contributed by atoms with Crippen LogP contribution in [0.15, 0.2) is 71.8 Å². The van der Waals surface area contributed by atoms with Gasteiger partial charge in [-0.25, -0.2) is 23.1 Å². The Kier molecular flexibility index (Phi) is 6.25. The molecule has 0 amide bonds. The summed E-state index contributed by atoms with van der Waals surface area (Å²) >= 11 is 0. The summed E-state index contributed by atoms with van der Waals surface area (Å²) in [7, 11) is -2.05. The highest BCUT2D eigenvalue weighted by molar-refractivity contribution is 7.89. The molecule has 8 heteroatoms. The van der Waals surface area contributed by atoms with E-state index in [-0.39, 0.29) is 11.4 Å². The number of imidazole rings is 1. The largest absolute Gasteiger partial charge is 0.497 e. The summed E-state index contributed by atoms with van der Waals surface area (Å²) in [6, 6.07) is 18.4. The number of hydrogen-bond donors (Lipinski definition) is 1. The predicted molar refractivity (Wildman–Crippen MR) is 124 cm³/mol. The number of ether oxygens (including phenoxy) is 1. The molecule has 1 N–H and O–H groups in total. The molecule has 0 radical (unpaired) electrons. The average Bonchev–Trinajstić information content (AvgIpc) is 3.16. The molecule has 2 aromatic heterocycles. The van der Waals surface area contributed by atoms with Crippen molar-refractivity contribution in [3.63, 3.8) is 0 Å². The third kappa shape index (κ3) is 4.66. The smallest absolute Gasteiger partial charge is 0.240 e. The molecule has 4 rings (SSSR count). The highest BCUT2D eigenvalue weighted by Gasteiger charge is 2.18. The van der Waals surface area contributed by atoms with Gasteiger partial charge in [0, 0.05) is 6.20 Å². The van der Waals surface area contributed by atoms with Crippen LogP contribution in [-0.4, -0.2) is 30.1 Å². The summed E-state index contributed by atoms with van der Waals surface area (Å²) < 4.78 is 35.6. The lowest BCUT2D eigenvalue weighted by Gasteiger charge is -2.11. The number of aromatic nitrogens is 3. The second-order valence-electron chi connectivity index (χ2n) is 7.86. The summed E-state index contributed by atoms with van der Waals surface area (Å²) in [5, 5.41) is 0. The molecular weight excluding hydrogens is 424 g/mol. The van der Waals surface area contributed by atoms with Crippen molar-refractivity contribution >= 4 is 21.2 Å². The average molecular weight is 451 g/mol. The fourth-order valence-corrected chi connectivity index (χ4v) is 4.47. The first kappa shape index (κ1) is 22.0. The van der Waals surface area contributed by atoms with E-state index in [4.69, 9.17) is 4.74 Å². The van der Waals surface area contributed by atoms with E-state index in [1.165, 1.54) is 0 Å². The predicted octanol–water partition coefficient (Wildman–Crippen LogP) is 4.09. The molecule has 0 atom stereocenters. The molecule has 0 aliphatic heterocycles. The van der Waals surface area contributed by atoms with Crippen LogP contribution in [0.4, 0.5) is 0 Å². The number of nitrogens with zero attached hydrogens (tertiary/aromatic N) is 3. The minimum atomic E-state index is -3.68. The van der Waals surface area contributed by atoms with Crippen molar-refractivity contribution < 1.29 is 13.2 Å². The number of sulfonamides is 1. The summed E-state index contributed by atoms with van der Waals surface area (Å²) in [5.74, 6) is 1.71. The number of benzene rings is 2. The molecule has 0 bridgehead atoms. The van der Waals surface area contributed by atoms with Crippen molar-refractivity contribution in [1.82, 2.24) is 19.3 Å². The Morgan fingerprint density at radius 3 is 2.41 bits per heavy atom. The van der Waals surface area contributed by atoms with Crippen LogP contribution in [0.2, 0.25) is 0 Å². The van der Waals surface area contributed by atoms with E-state index < -0.39 is 10.0 Å². The van der Waals surface area contributed by atoms with Gasteiger partial charge in [0.15, 0.2) is 5.65 Å². The Bertz CT molecular complexity index is 1310. The van der Waals surface area contributed by atoms with Crippen LogP contribution in [0.25, 0.3) is 11.2 Å². The Hall–Kier alpha value is -3.23. The monoisotopic (exact) mass is 450 g/mol. The highest BCUT2D eigenvalue weighted by Crippen LogP contribution is 2.20. The fourth-order valence-electron chi connectivity index (χ4n) is 3.49. The number of fused-ring (bicyclic) bond motifs is 1. The van der Waals surface area contributed by atoms with Crippen LogP contribution < -0.4 is 9.46 Å². The minimum Gasteiger partial charge on any atom is -0.497 e. The first-order valence-corrected chi connectivity index (χ1v) is 11.9. The van der Waals surface area contributed by atoms with Crippen molar-refractivity contribution in [2.45, 2.75) is 37.8 Å². The molecule has 0 aliphatic rings. The third-order valence-electron chi connectivity index (χ3n) is 5.36. The maximum absolute atomic E-state index is 12.9.